The second kappa shape index (κ2) is 6.10. The number of benzene rings is 1. The van der Waals surface area contributed by atoms with Gasteiger partial charge >= 0.3 is 0 Å². The maximum atomic E-state index is 12.7. The third kappa shape index (κ3) is 3.14. The van der Waals surface area contributed by atoms with Gasteiger partial charge in [0.1, 0.15) is 4.75 Å². The minimum atomic E-state index is -1.10. The minimum absolute atomic E-state index is 0.104. The topological polar surface area (TPSA) is 70.9 Å². The van der Waals surface area contributed by atoms with Crippen molar-refractivity contribution >= 4 is 11.4 Å². The van der Waals surface area contributed by atoms with Crippen molar-refractivity contribution in [3.05, 3.63) is 34.9 Å². The Morgan fingerprint density at radius 2 is 2.04 bits per heavy atom. The quantitative estimate of drug-likeness (QED) is 0.817. The molecular weight excluding hydrogens is 306 g/mol. The second-order valence-corrected chi connectivity index (χ2v) is 9.74. The summed E-state index contributed by atoms with van der Waals surface area (Å²) in [6.07, 6.45) is 3.11. The summed E-state index contributed by atoms with van der Waals surface area (Å²) in [6, 6.07) is 8.29. The van der Waals surface area contributed by atoms with E-state index in [4.69, 9.17) is 5.26 Å². The van der Waals surface area contributed by atoms with Gasteiger partial charge in [0, 0.05) is 16.8 Å². The molecule has 1 unspecified atom stereocenters. The van der Waals surface area contributed by atoms with Gasteiger partial charge in [-0.3, -0.25) is 0 Å². The molecule has 1 heterocycles. The average molecular weight is 331 g/mol. The fourth-order valence-corrected chi connectivity index (χ4v) is 4.73. The fourth-order valence-electron chi connectivity index (χ4n) is 3.78. The molecule has 2 aliphatic rings. The molecule has 1 saturated heterocycles. The molecule has 124 valence electrons. The molecule has 2 N–H and O–H groups in total. The third-order valence-electron chi connectivity index (χ3n) is 5.12. The molecule has 1 aliphatic carbocycles. The Kier molecular flexibility index (Phi) is 4.45. The van der Waals surface area contributed by atoms with E-state index in [1.54, 1.807) is 0 Å². The maximum Gasteiger partial charge on any atom is 0.136 e. The van der Waals surface area contributed by atoms with Gasteiger partial charge < -0.3 is 9.87 Å². The van der Waals surface area contributed by atoms with Crippen molar-refractivity contribution in [1.82, 2.24) is 10.0 Å². The highest BCUT2D eigenvalue weighted by Crippen LogP contribution is 2.51. The van der Waals surface area contributed by atoms with Gasteiger partial charge in [0.25, 0.3) is 0 Å². The lowest BCUT2D eigenvalue weighted by Crippen LogP contribution is -2.48. The number of nitrogens with one attached hydrogen (secondary N) is 2. The highest BCUT2D eigenvalue weighted by molar-refractivity contribution is 7.90. The Hall–Kier alpha value is -1.06. The molecule has 0 saturated carbocycles. The summed E-state index contributed by atoms with van der Waals surface area (Å²) in [5, 5.41) is 12.6. The van der Waals surface area contributed by atoms with Gasteiger partial charge in [-0.1, -0.05) is 6.07 Å². The van der Waals surface area contributed by atoms with E-state index in [2.05, 4.69) is 22.2 Å². The zero-order valence-electron chi connectivity index (χ0n) is 14.1. The van der Waals surface area contributed by atoms with E-state index in [0.29, 0.717) is 5.56 Å². The molecule has 3 rings (SSSR count). The first-order valence-corrected chi connectivity index (χ1v) is 9.42. The van der Waals surface area contributed by atoms with E-state index in [-0.39, 0.29) is 16.2 Å². The number of nitrogens with zero attached hydrogens (tertiary/aromatic N) is 1. The number of nitriles is 1. The van der Waals surface area contributed by atoms with Crippen LogP contribution in [-0.4, -0.2) is 22.4 Å². The first-order valence-electron chi connectivity index (χ1n) is 8.27. The molecule has 4 nitrogen and oxygen atoms in total. The van der Waals surface area contributed by atoms with Crippen molar-refractivity contribution < 1.29 is 4.55 Å². The van der Waals surface area contributed by atoms with E-state index in [1.807, 2.05) is 32.9 Å². The van der Waals surface area contributed by atoms with Crippen LogP contribution in [0.4, 0.5) is 0 Å². The molecule has 0 bridgehead atoms. The molecule has 0 radical (unpaired) electrons. The summed E-state index contributed by atoms with van der Waals surface area (Å²) in [7, 11) is 0. The fraction of sp³-hybridized carbons (Fsp3) is 0.611. The van der Waals surface area contributed by atoms with Gasteiger partial charge in [0.05, 0.1) is 17.7 Å². The van der Waals surface area contributed by atoms with Crippen LogP contribution >= 0.6 is 0 Å². The number of rotatable bonds is 2. The first kappa shape index (κ1) is 16.8. The zero-order chi connectivity index (χ0) is 16.7. The van der Waals surface area contributed by atoms with Gasteiger partial charge in [-0.25, -0.2) is 0 Å². The zero-order valence-corrected chi connectivity index (χ0v) is 14.9. The average Bonchev–Trinajstić information content (AvgIpc) is 2.79. The lowest BCUT2D eigenvalue weighted by molar-refractivity contribution is 0.163. The van der Waals surface area contributed by atoms with E-state index in [0.717, 1.165) is 32.4 Å². The van der Waals surface area contributed by atoms with Crippen LogP contribution < -0.4 is 10.0 Å². The Balaban J connectivity index is 1.96. The van der Waals surface area contributed by atoms with E-state index < -0.39 is 11.4 Å². The second-order valence-electron chi connectivity index (χ2n) is 7.75. The van der Waals surface area contributed by atoms with Crippen molar-refractivity contribution in [1.29, 1.82) is 5.26 Å². The molecule has 2 atom stereocenters. The number of fused-ring (bicyclic) bond motifs is 1. The van der Waals surface area contributed by atoms with Crippen LogP contribution in [0.1, 0.15) is 56.3 Å². The standard InChI is InChI=1S/C18H25N3OS/c1-17(2,3)23(22)21-16-15-5-4-13(12-19)10-14(15)11-18(16)6-8-20-9-7-18/h4-5,10,16,20-21H,6-9,11H2,1-3H3/t16-,23?/m0/s1. The summed E-state index contributed by atoms with van der Waals surface area (Å²) in [4.78, 5) is 0. The van der Waals surface area contributed by atoms with Crippen LogP contribution in [0.3, 0.4) is 0 Å². The molecule has 5 heteroatoms. The van der Waals surface area contributed by atoms with Gasteiger partial charge in [0.15, 0.2) is 0 Å². The smallest absolute Gasteiger partial charge is 0.136 e. The van der Waals surface area contributed by atoms with Crippen LogP contribution in [0.5, 0.6) is 0 Å². The summed E-state index contributed by atoms with van der Waals surface area (Å²) < 4.78 is 15.9. The predicted molar refractivity (Wildman–Crippen MR) is 93.2 cm³/mol. The molecule has 0 aromatic heterocycles. The monoisotopic (exact) mass is 331 g/mol. The minimum Gasteiger partial charge on any atom is -0.598 e. The SMILES string of the molecule is CC(C)(C)[S+]([O-])N[C@H]1c2ccc(C#N)cc2CC12CCNCC2. The van der Waals surface area contributed by atoms with E-state index >= 15 is 0 Å². The van der Waals surface area contributed by atoms with Crippen LogP contribution in [0.15, 0.2) is 18.2 Å². The Morgan fingerprint density at radius 1 is 1.35 bits per heavy atom. The molecule has 1 aromatic carbocycles. The molecular formula is C18H25N3OS. The molecule has 23 heavy (non-hydrogen) atoms. The molecule has 1 fully saturated rings. The number of hydrogen-bond donors (Lipinski definition) is 2. The Bertz CT molecular complexity index is 626. The van der Waals surface area contributed by atoms with Crippen LogP contribution in [0.2, 0.25) is 0 Å². The molecule has 1 aromatic rings. The van der Waals surface area contributed by atoms with Gasteiger partial charge in [-0.15, -0.1) is 4.72 Å². The van der Waals surface area contributed by atoms with Crippen LogP contribution in [0.25, 0.3) is 0 Å². The molecule has 1 aliphatic heterocycles. The van der Waals surface area contributed by atoms with E-state index in [1.165, 1.54) is 11.1 Å². The largest absolute Gasteiger partial charge is 0.598 e. The summed E-state index contributed by atoms with van der Waals surface area (Å²) >= 11 is -1.10. The summed E-state index contributed by atoms with van der Waals surface area (Å²) in [5.41, 5.74) is 3.30. The van der Waals surface area contributed by atoms with Crippen molar-refractivity contribution in [2.24, 2.45) is 5.41 Å². The van der Waals surface area contributed by atoms with Crippen molar-refractivity contribution in [2.45, 2.75) is 50.8 Å². The number of hydrogen-bond acceptors (Lipinski definition) is 4. The van der Waals surface area contributed by atoms with Gasteiger partial charge in [0.2, 0.25) is 0 Å². The third-order valence-corrected chi connectivity index (χ3v) is 6.68. The van der Waals surface area contributed by atoms with Crippen molar-refractivity contribution in [3.63, 3.8) is 0 Å². The van der Waals surface area contributed by atoms with E-state index in [9.17, 15) is 4.55 Å². The van der Waals surface area contributed by atoms with Crippen LogP contribution in [-0.2, 0) is 17.8 Å². The lowest BCUT2D eigenvalue weighted by atomic mass is 9.73. The van der Waals surface area contributed by atoms with Crippen molar-refractivity contribution in [2.75, 3.05) is 13.1 Å². The molecule has 0 amide bonds. The Labute approximate surface area is 142 Å². The summed E-state index contributed by atoms with van der Waals surface area (Å²) in [6.45, 7) is 8.00. The van der Waals surface area contributed by atoms with Crippen LogP contribution in [0, 0.1) is 16.7 Å². The first-order chi connectivity index (χ1) is 10.9. The Morgan fingerprint density at radius 3 is 2.65 bits per heavy atom. The predicted octanol–water partition coefficient (Wildman–Crippen LogP) is 2.58. The summed E-state index contributed by atoms with van der Waals surface area (Å²) in [5.74, 6) is 0. The highest BCUT2D eigenvalue weighted by Gasteiger charge is 2.49. The van der Waals surface area contributed by atoms with Gasteiger partial charge in [-0.05, 0) is 76.4 Å². The van der Waals surface area contributed by atoms with Crippen molar-refractivity contribution in [3.8, 4) is 6.07 Å². The maximum absolute atomic E-state index is 12.7. The number of piperidine rings is 1. The molecule has 1 spiro atoms. The highest BCUT2D eigenvalue weighted by atomic mass is 32.2. The van der Waals surface area contributed by atoms with Gasteiger partial charge in [-0.2, -0.15) is 5.26 Å². The normalized spacial score (nSPS) is 24.2. The lowest BCUT2D eigenvalue weighted by Gasteiger charge is -2.40.